The normalized spacial score (nSPS) is 19.7. The fraction of sp³-hybridized carbons (Fsp3) is 0.500. The molecular formula is C12H17N3O3. The average Bonchev–Trinajstić information content (AvgIpc) is 2.37. The number of hydrogen-bond acceptors (Lipinski definition) is 5. The van der Waals surface area contributed by atoms with Crippen LogP contribution in [0.1, 0.15) is 6.92 Å². The van der Waals surface area contributed by atoms with Crippen LogP contribution in [0.4, 0.5) is 11.4 Å². The highest BCUT2D eigenvalue weighted by molar-refractivity contribution is 5.70. The zero-order valence-electron chi connectivity index (χ0n) is 10.5. The number of piperazine rings is 1. The van der Waals surface area contributed by atoms with Crippen molar-refractivity contribution in [3.63, 3.8) is 0 Å². The average molecular weight is 251 g/mol. The molecule has 0 saturated carbocycles. The first kappa shape index (κ1) is 12.6. The van der Waals surface area contributed by atoms with Crippen LogP contribution in [0.25, 0.3) is 0 Å². The number of benzene rings is 1. The van der Waals surface area contributed by atoms with E-state index in [0.717, 1.165) is 19.6 Å². The molecule has 2 rings (SSSR count). The molecule has 1 aliphatic heterocycles. The second-order valence-corrected chi connectivity index (χ2v) is 4.39. The fourth-order valence-corrected chi connectivity index (χ4v) is 2.27. The van der Waals surface area contributed by atoms with Gasteiger partial charge in [-0.3, -0.25) is 10.1 Å². The minimum absolute atomic E-state index is 0.0501. The van der Waals surface area contributed by atoms with Gasteiger partial charge in [0.15, 0.2) is 5.75 Å². The molecule has 1 aliphatic rings. The van der Waals surface area contributed by atoms with Crippen LogP contribution in [0.3, 0.4) is 0 Å². The zero-order valence-corrected chi connectivity index (χ0v) is 10.5. The third kappa shape index (κ3) is 2.38. The second kappa shape index (κ2) is 5.22. The Bertz CT molecular complexity index is 450. The Morgan fingerprint density at radius 1 is 1.56 bits per heavy atom. The van der Waals surface area contributed by atoms with E-state index in [2.05, 4.69) is 12.2 Å². The molecule has 0 amide bonds. The van der Waals surface area contributed by atoms with E-state index in [4.69, 9.17) is 4.74 Å². The largest absolute Gasteiger partial charge is 0.490 e. The summed E-state index contributed by atoms with van der Waals surface area (Å²) in [6, 6.07) is 5.50. The van der Waals surface area contributed by atoms with Crippen molar-refractivity contribution in [2.75, 3.05) is 31.6 Å². The Morgan fingerprint density at radius 3 is 2.94 bits per heavy atom. The summed E-state index contributed by atoms with van der Waals surface area (Å²) in [5.74, 6) is 0.309. The summed E-state index contributed by atoms with van der Waals surface area (Å²) in [6.45, 7) is 4.42. The van der Waals surface area contributed by atoms with Gasteiger partial charge >= 0.3 is 5.69 Å². The van der Waals surface area contributed by atoms with Gasteiger partial charge < -0.3 is 15.0 Å². The van der Waals surface area contributed by atoms with Crippen LogP contribution in [-0.4, -0.2) is 37.7 Å². The lowest BCUT2D eigenvalue weighted by Crippen LogP contribution is -2.49. The molecule has 1 fully saturated rings. The fourth-order valence-electron chi connectivity index (χ4n) is 2.27. The summed E-state index contributed by atoms with van der Waals surface area (Å²) in [5, 5.41) is 14.5. The van der Waals surface area contributed by atoms with Crippen molar-refractivity contribution in [2.45, 2.75) is 13.0 Å². The topological polar surface area (TPSA) is 67.6 Å². The number of para-hydroxylation sites is 1. The number of hydrogen-bond donors (Lipinski definition) is 1. The van der Waals surface area contributed by atoms with Gasteiger partial charge in [-0.15, -0.1) is 0 Å². The lowest BCUT2D eigenvalue weighted by Gasteiger charge is -2.33. The lowest BCUT2D eigenvalue weighted by molar-refractivity contribution is -0.385. The molecule has 0 bridgehead atoms. The Morgan fingerprint density at radius 2 is 2.33 bits per heavy atom. The van der Waals surface area contributed by atoms with Crippen molar-refractivity contribution in [1.82, 2.24) is 5.32 Å². The number of methoxy groups -OCH3 is 1. The molecule has 6 heteroatoms. The van der Waals surface area contributed by atoms with E-state index < -0.39 is 0 Å². The molecular weight excluding hydrogens is 234 g/mol. The summed E-state index contributed by atoms with van der Waals surface area (Å²) in [4.78, 5) is 12.9. The molecule has 1 aromatic rings. The van der Waals surface area contributed by atoms with E-state index >= 15 is 0 Å². The van der Waals surface area contributed by atoms with E-state index in [1.165, 1.54) is 7.11 Å². The second-order valence-electron chi connectivity index (χ2n) is 4.39. The van der Waals surface area contributed by atoms with Crippen molar-refractivity contribution >= 4 is 11.4 Å². The highest BCUT2D eigenvalue weighted by atomic mass is 16.6. The zero-order chi connectivity index (χ0) is 13.1. The number of ether oxygens (including phenoxy) is 1. The predicted molar refractivity (Wildman–Crippen MR) is 69.3 cm³/mol. The van der Waals surface area contributed by atoms with Gasteiger partial charge in [0.2, 0.25) is 0 Å². The minimum atomic E-state index is -0.374. The smallest absolute Gasteiger partial charge is 0.333 e. The maximum absolute atomic E-state index is 11.2. The van der Waals surface area contributed by atoms with Crippen LogP contribution >= 0.6 is 0 Å². The number of nitro benzene ring substituents is 1. The first-order valence-corrected chi connectivity index (χ1v) is 5.93. The first-order valence-electron chi connectivity index (χ1n) is 5.93. The molecule has 1 aromatic carbocycles. The molecule has 0 unspecified atom stereocenters. The van der Waals surface area contributed by atoms with Gasteiger partial charge in [-0.2, -0.15) is 0 Å². The van der Waals surface area contributed by atoms with Gasteiger partial charge in [-0.1, -0.05) is 6.07 Å². The molecule has 18 heavy (non-hydrogen) atoms. The van der Waals surface area contributed by atoms with E-state index in [0.29, 0.717) is 17.5 Å². The predicted octanol–water partition coefficient (Wildman–Crippen LogP) is 1.40. The molecule has 98 valence electrons. The van der Waals surface area contributed by atoms with E-state index in [1.54, 1.807) is 18.2 Å². The molecule has 0 aromatic heterocycles. The molecule has 1 N–H and O–H groups in total. The van der Waals surface area contributed by atoms with Gasteiger partial charge in [-0.25, -0.2) is 0 Å². The van der Waals surface area contributed by atoms with Crippen molar-refractivity contribution in [1.29, 1.82) is 0 Å². The number of nitrogens with one attached hydrogen (secondary N) is 1. The summed E-state index contributed by atoms with van der Waals surface area (Å²) < 4.78 is 5.08. The van der Waals surface area contributed by atoms with Gasteiger partial charge in [0.25, 0.3) is 0 Å². The van der Waals surface area contributed by atoms with E-state index in [1.807, 2.05) is 4.90 Å². The van der Waals surface area contributed by atoms with Crippen molar-refractivity contribution in [3.8, 4) is 5.75 Å². The third-order valence-corrected chi connectivity index (χ3v) is 3.09. The molecule has 6 nitrogen and oxygen atoms in total. The lowest BCUT2D eigenvalue weighted by atomic mass is 10.1. The first-order chi connectivity index (χ1) is 8.63. The summed E-state index contributed by atoms with van der Waals surface area (Å²) in [6.07, 6.45) is 0. The highest BCUT2D eigenvalue weighted by Crippen LogP contribution is 2.37. The number of nitrogens with zero attached hydrogens (tertiary/aromatic N) is 2. The highest BCUT2D eigenvalue weighted by Gasteiger charge is 2.26. The van der Waals surface area contributed by atoms with Crippen LogP contribution in [0.15, 0.2) is 18.2 Å². The molecule has 1 atom stereocenters. The SMILES string of the molecule is COc1cccc(N2CCN[C@@H](C)C2)c1[N+](=O)[O-]. The van der Waals surface area contributed by atoms with Gasteiger partial charge in [0.05, 0.1) is 12.0 Å². The Balaban J connectivity index is 2.40. The van der Waals surface area contributed by atoms with Crippen molar-refractivity contribution in [3.05, 3.63) is 28.3 Å². The molecule has 0 aliphatic carbocycles. The summed E-state index contributed by atoms with van der Waals surface area (Å²) in [7, 11) is 1.45. The Hall–Kier alpha value is -1.82. The van der Waals surface area contributed by atoms with E-state index in [-0.39, 0.29) is 10.6 Å². The standard InChI is InChI=1S/C12H17N3O3/c1-9-8-14(7-6-13-9)10-4-3-5-11(18-2)12(10)15(16)17/h3-5,9,13H,6-8H2,1-2H3/t9-/m0/s1. The number of nitro groups is 1. The van der Waals surface area contributed by atoms with Crippen LogP contribution in [0, 0.1) is 10.1 Å². The molecule has 1 saturated heterocycles. The summed E-state index contributed by atoms with van der Waals surface area (Å²) in [5.41, 5.74) is 0.682. The maximum atomic E-state index is 11.2. The maximum Gasteiger partial charge on any atom is 0.333 e. The molecule has 0 radical (unpaired) electrons. The summed E-state index contributed by atoms with van der Waals surface area (Å²) >= 11 is 0. The number of rotatable bonds is 3. The number of anilines is 1. The molecule has 0 spiro atoms. The molecule has 1 heterocycles. The van der Waals surface area contributed by atoms with E-state index in [9.17, 15) is 10.1 Å². The van der Waals surface area contributed by atoms with Gasteiger partial charge in [0, 0.05) is 25.7 Å². The minimum Gasteiger partial charge on any atom is -0.490 e. The van der Waals surface area contributed by atoms with Crippen LogP contribution in [-0.2, 0) is 0 Å². The van der Waals surface area contributed by atoms with Crippen LogP contribution in [0.5, 0.6) is 5.75 Å². The Kier molecular flexibility index (Phi) is 3.66. The monoisotopic (exact) mass is 251 g/mol. The van der Waals surface area contributed by atoms with Crippen molar-refractivity contribution in [2.24, 2.45) is 0 Å². The Labute approximate surface area is 106 Å². The quantitative estimate of drug-likeness (QED) is 0.649. The van der Waals surface area contributed by atoms with Gasteiger partial charge in [-0.05, 0) is 19.1 Å². The van der Waals surface area contributed by atoms with Crippen molar-refractivity contribution < 1.29 is 9.66 Å². The van der Waals surface area contributed by atoms with Gasteiger partial charge in [0.1, 0.15) is 5.69 Å². The van der Waals surface area contributed by atoms with Crippen LogP contribution < -0.4 is 15.0 Å². The third-order valence-electron chi connectivity index (χ3n) is 3.09. The van der Waals surface area contributed by atoms with Crippen LogP contribution in [0.2, 0.25) is 0 Å².